The number of ether oxygens (including phenoxy) is 2. The van der Waals surface area contributed by atoms with Gasteiger partial charge < -0.3 is 20.1 Å². The van der Waals surface area contributed by atoms with Gasteiger partial charge in [0.2, 0.25) is 5.91 Å². The third-order valence-corrected chi connectivity index (χ3v) is 4.30. The van der Waals surface area contributed by atoms with Gasteiger partial charge in [-0.3, -0.25) is 9.59 Å². The Bertz CT molecular complexity index is 651. The minimum atomic E-state index is -0.596. The van der Waals surface area contributed by atoms with Gasteiger partial charge in [0, 0.05) is 19.0 Å². The second kappa shape index (κ2) is 8.50. The Labute approximate surface area is 147 Å². The van der Waals surface area contributed by atoms with Gasteiger partial charge in [0.05, 0.1) is 0 Å². The number of carbonyl (C=O) groups excluding carboxylic acids is 3. The summed E-state index contributed by atoms with van der Waals surface area (Å²) in [7, 11) is 0. The van der Waals surface area contributed by atoms with E-state index in [1.807, 2.05) is 32.0 Å². The van der Waals surface area contributed by atoms with E-state index in [9.17, 15) is 14.4 Å². The molecule has 1 heterocycles. The number of aryl methyl sites for hydroxylation is 2. The number of amides is 2. The molecule has 7 heteroatoms. The fourth-order valence-electron chi connectivity index (χ4n) is 2.69. The summed E-state index contributed by atoms with van der Waals surface area (Å²) in [6.07, 6.45) is 1.09. The van der Waals surface area contributed by atoms with Crippen LogP contribution in [0, 0.1) is 19.8 Å². The zero-order chi connectivity index (χ0) is 18.4. The second-order valence-electron chi connectivity index (χ2n) is 6.28. The van der Waals surface area contributed by atoms with Crippen molar-refractivity contribution < 1.29 is 23.9 Å². The van der Waals surface area contributed by atoms with E-state index in [1.54, 1.807) is 4.90 Å². The van der Waals surface area contributed by atoms with Crippen molar-refractivity contribution in [1.82, 2.24) is 4.90 Å². The minimum Gasteiger partial charge on any atom is -0.482 e. The van der Waals surface area contributed by atoms with Crippen molar-refractivity contribution >= 4 is 17.8 Å². The van der Waals surface area contributed by atoms with Gasteiger partial charge in [-0.1, -0.05) is 12.1 Å². The van der Waals surface area contributed by atoms with Gasteiger partial charge in [0.15, 0.2) is 13.2 Å². The molecule has 0 atom stereocenters. The third kappa shape index (κ3) is 5.48. The molecule has 1 aromatic rings. The molecular weight excluding hydrogens is 324 g/mol. The molecule has 7 nitrogen and oxygen atoms in total. The lowest BCUT2D eigenvalue weighted by Gasteiger charge is -2.30. The first-order valence-electron chi connectivity index (χ1n) is 8.29. The van der Waals surface area contributed by atoms with Gasteiger partial charge in [-0.2, -0.15) is 0 Å². The fraction of sp³-hybridized carbons (Fsp3) is 0.500. The average Bonchev–Trinajstić information content (AvgIpc) is 2.60. The number of esters is 1. The van der Waals surface area contributed by atoms with E-state index in [0.29, 0.717) is 31.7 Å². The zero-order valence-electron chi connectivity index (χ0n) is 14.6. The normalized spacial score (nSPS) is 14.9. The Morgan fingerprint density at radius 1 is 1.16 bits per heavy atom. The van der Waals surface area contributed by atoms with Crippen molar-refractivity contribution in [2.24, 2.45) is 11.7 Å². The Morgan fingerprint density at radius 3 is 2.48 bits per heavy atom. The van der Waals surface area contributed by atoms with E-state index in [4.69, 9.17) is 15.2 Å². The van der Waals surface area contributed by atoms with Crippen LogP contribution < -0.4 is 10.5 Å². The van der Waals surface area contributed by atoms with Crippen LogP contribution in [-0.4, -0.2) is 49.0 Å². The fourth-order valence-corrected chi connectivity index (χ4v) is 2.69. The van der Waals surface area contributed by atoms with Crippen molar-refractivity contribution in [2.45, 2.75) is 26.7 Å². The molecule has 2 amide bonds. The molecule has 0 unspecified atom stereocenters. The highest BCUT2D eigenvalue weighted by Crippen LogP contribution is 2.19. The quantitative estimate of drug-likeness (QED) is 0.772. The molecule has 25 heavy (non-hydrogen) atoms. The van der Waals surface area contributed by atoms with Crippen molar-refractivity contribution in [3.05, 3.63) is 29.3 Å². The maximum atomic E-state index is 12.0. The topological polar surface area (TPSA) is 98.9 Å². The number of nitrogens with zero attached hydrogens (tertiary/aromatic N) is 1. The number of benzene rings is 1. The molecular formula is C18H24N2O5. The van der Waals surface area contributed by atoms with Gasteiger partial charge in [-0.25, -0.2) is 4.79 Å². The number of piperidine rings is 1. The van der Waals surface area contributed by atoms with Crippen molar-refractivity contribution in [2.75, 3.05) is 26.3 Å². The summed E-state index contributed by atoms with van der Waals surface area (Å²) in [5.74, 6) is -0.763. The maximum absolute atomic E-state index is 12.0. The maximum Gasteiger partial charge on any atom is 0.344 e. The summed E-state index contributed by atoms with van der Waals surface area (Å²) < 4.78 is 10.4. The number of primary amides is 1. The van der Waals surface area contributed by atoms with Crippen LogP contribution in [0.3, 0.4) is 0 Å². The highest BCUT2D eigenvalue weighted by molar-refractivity contribution is 5.82. The molecule has 1 aromatic carbocycles. The highest BCUT2D eigenvalue weighted by Gasteiger charge is 2.26. The molecule has 0 aromatic heterocycles. The standard InChI is InChI=1S/C18H24N2O5/c1-12-3-4-13(2)15(9-12)24-11-17(22)25-10-16(21)20-7-5-14(6-8-20)18(19)23/h3-4,9,14H,5-8,10-11H2,1-2H3,(H2,19,23). The monoisotopic (exact) mass is 348 g/mol. The van der Waals surface area contributed by atoms with Crippen molar-refractivity contribution in [1.29, 1.82) is 0 Å². The summed E-state index contributed by atoms with van der Waals surface area (Å²) >= 11 is 0. The van der Waals surface area contributed by atoms with E-state index in [2.05, 4.69) is 0 Å². The molecule has 0 saturated carbocycles. The van der Waals surface area contributed by atoms with Gasteiger partial charge in [-0.15, -0.1) is 0 Å². The van der Waals surface area contributed by atoms with Crippen LogP contribution >= 0.6 is 0 Å². The number of nitrogens with two attached hydrogens (primary N) is 1. The summed E-state index contributed by atoms with van der Waals surface area (Å²) in [5, 5.41) is 0. The molecule has 1 aliphatic heterocycles. The largest absolute Gasteiger partial charge is 0.482 e. The molecule has 2 rings (SSSR count). The molecule has 0 bridgehead atoms. The van der Waals surface area contributed by atoms with E-state index >= 15 is 0 Å². The lowest BCUT2D eigenvalue weighted by atomic mass is 9.96. The molecule has 1 aliphatic rings. The third-order valence-electron chi connectivity index (χ3n) is 4.30. The molecule has 0 radical (unpaired) electrons. The van der Waals surface area contributed by atoms with Crippen LogP contribution in [0.2, 0.25) is 0 Å². The van der Waals surface area contributed by atoms with Crippen LogP contribution in [-0.2, 0) is 19.1 Å². The van der Waals surface area contributed by atoms with E-state index in [1.165, 1.54) is 0 Å². The van der Waals surface area contributed by atoms with Crippen LogP contribution in [0.5, 0.6) is 5.75 Å². The van der Waals surface area contributed by atoms with E-state index in [0.717, 1.165) is 11.1 Å². The van der Waals surface area contributed by atoms with Gasteiger partial charge >= 0.3 is 5.97 Å². The Kier molecular flexibility index (Phi) is 6.38. The first-order valence-corrected chi connectivity index (χ1v) is 8.29. The van der Waals surface area contributed by atoms with E-state index < -0.39 is 5.97 Å². The summed E-state index contributed by atoms with van der Waals surface area (Å²) in [6, 6.07) is 5.71. The first kappa shape index (κ1) is 18.8. The molecule has 1 saturated heterocycles. The van der Waals surface area contributed by atoms with Gasteiger partial charge in [0.1, 0.15) is 5.75 Å². The minimum absolute atomic E-state index is 0.183. The smallest absolute Gasteiger partial charge is 0.344 e. The predicted molar refractivity (Wildman–Crippen MR) is 90.9 cm³/mol. The van der Waals surface area contributed by atoms with Gasteiger partial charge in [-0.05, 0) is 43.9 Å². The van der Waals surface area contributed by atoms with Crippen molar-refractivity contribution in [3.63, 3.8) is 0 Å². The number of hydrogen-bond donors (Lipinski definition) is 1. The summed E-state index contributed by atoms with van der Waals surface area (Å²) in [6.45, 7) is 4.15. The Hall–Kier alpha value is -2.57. The molecule has 1 fully saturated rings. The Morgan fingerprint density at radius 2 is 1.84 bits per heavy atom. The van der Waals surface area contributed by atoms with Crippen LogP contribution in [0.4, 0.5) is 0 Å². The number of hydrogen-bond acceptors (Lipinski definition) is 5. The van der Waals surface area contributed by atoms with Crippen LogP contribution in [0.15, 0.2) is 18.2 Å². The zero-order valence-corrected chi connectivity index (χ0v) is 14.6. The SMILES string of the molecule is Cc1ccc(C)c(OCC(=O)OCC(=O)N2CCC(C(N)=O)CC2)c1. The predicted octanol–water partition coefficient (Wildman–Crippen LogP) is 0.949. The second-order valence-corrected chi connectivity index (χ2v) is 6.28. The lowest BCUT2D eigenvalue weighted by molar-refractivity contribution is -0.154. The van der Waals surface area contributed by atoms with Gasteiger partial charge in [0.25, 0.3) is 5.91 Å². The summed E-state index contributed by atoms with van der Waals surface area (Å²) in [5.41, 5.74) is 7.22. The first-order chi connectivity index (χ1) is 11.9. The Balaban J connectivity index is 1.72. The molecule has 136 valence electrons. The molecule has 2 N–H and O–H groups in total. The number of likely N-dealkylation sites (tertiary alicyclic amines) is 1. The molecule has 0 aliphatic carbocycles. The van der Waals surface area contributed by atoms with Crippen LogP contribution in [0.25, 0.3) is 0 Å². The number of carbonyl (C=O) groups is 3. The highest BCUT2D eigenvalue weighted by atomic mass is 16.6. The molecule has 0 spiro atoms. The van der Waals surface area contributed by atoms with E-state index in [-0.39, 0.29) is 30.9 Å². The lowest BCUT2D eigenvalue weighted by Crippen LogP contribution is -2.43. The number of rotatable bonds is 6. The van der Waals surface area contributed by atoms with Crippen molar-refractivity contribution in [3.8, 4) is 5.75 Å². The average molecular weight is 348 g/mol. The van der Waals surface area contributed by atoms with Crippen LogP contribution in [0.1, 0.15) is 24.0 Å². The summed E-state index contributed by atoms with van der Waals surface area (Å²) in [4.78, 5) is 36.5.